The van der Waals surface area contributed by atoms with E-state index < -0.39 is 0 Å². The van der Waals surface area contributed by atoms with Gasteiger partial charge in [0.25, 0.3) is 0 Å². The Kier molecular flexibility index (Phi) is 3.67. The van der Waals surface area contributed by atoms with E-state index in [4.69, 9.17) is 16.3 Å². The molecule has 0 radical (unpaired) electrons. The number of aryl methyl sites for hydroxylation is 1. The lowest BCUT2D eigenvalue weighted by Crippen LogP contribution is -2.02. The molecule has 1 aromatic carbocycles. The number of nitrogens with zero attached hydrogens (tertiary/aromatic N) is 1. The molecule has 0 aliphatic carbocycles. The number of ether oxygens (including phenoxy) is 1. The van der Waals surface area contributed by atoms with E-state index in [0.717, 1.165) is 22.9 Å². The van der Waals surface area contributed by atoms with Gasteiger partial charge in [-0.05, 0) is 50.1 Å². The first-order valence-electron chi connectivity index (χ1n) is 5.98. The van der Waals surface area contributed by atoms with Crippen LogP contribution < -0.4 is 4.74 Å². The molecule has 2 rings (SSSR count). The zero-order valence-corrected chi connectivity index (χ0v) is 12.0. The molecule has 1 heterocycles. The average Bonchev–Trinajstić information content (AvgIpc) is 2.57. The maximum atomic E-state index is 6.05. The predicted octanol–water partition coefficient (Wildman–Crippen LogP) is 4.12. The number of benzene rings is 1. The summed E-state index contributed by atoms with van der Waals surface area (Å²) in [7, 11) is 1.69. The summed E-state index contributed by atoms with van der Waals surface area (Å²) in [6, 6.07) is 5.73. The van der Waals surface area contributed by atoms with Crippen LogP contribution in [0.5, 0.6) is 5.75 Å². The zero-order chi connectivity index (χ0) is 13.3. The molecule has 0 aliphatic rings. The Balaban J connectivity index is 2.39. The predicted molar refractivity (Wildman–Crippen MR) is 75.7 cm³/mol. The molecular weight excluding hydrogens is 246 g/mol. The number of rotatable bonds is 3. The Labute approximate surface area is 113 Å². The van der Waals surface area contributed by atoms with Crippen molar-refractivity contribution in [3.8, 4) is 5.75 Å². The number of hydrogen-bond acceptors (Lipinski definition) is 1. The van der Waals surface area contributed by atoms with E-state index in [-0.39, 0.29) is 0 Å². The van der Waals surface area contributed by atoms with E-state index in [1.807, 2.05) is 18.2 Å². The summed E-state index contributed by atoms with van der Waals surface area (Å²) < 4.78 is 7.61. The molecule has 3 heteroatoms. The zero-order valence-electron chi connectivity index (χ0n) is 11.2. The first kappa shape index (κ1) is 13.0. The van der Waals surface area contributed by atoms with Crippen LogP contribution >= 0.6 is 11.6 Å². The van der Waals surface area contributed by atoms with Crippen molar-refractivity contribution < 1.29 is 4.74 Å². The van der Waals surface area contributed by atoms with E-state index in [1.165, 1.54) is 16.8 Å². The van der Waals surface area contributed by atoms with Crippen LogP contribution in [-0.4, -0.2) is 11.7 Å². The average molecular weight is 264 g/mol. The van der Waals surface area contributed by atoms with Crippen molar-refractivity contribution >= 4 is 11.6 Å². The highest BCUT2D eigenvalue weighted by molar-refractivity contribution is 6.30. The highest BCUT2D eigenvalue weighted by Gasteiger charge is 2.09. The van der Waals surface area contributed by atoms with Gasteiger partial charge >= 0.3 is 0 Å². The monoisotopic (exact) mass is 263 g/mol. The van der Waals surface area contributed by atoms with Gasteiger partial charge in [0.1, 0.15) is 5.75 Å². The molecule has 0 unspecified atom stereocenters. The smallest absolute Gasteiger partial charge is 0.123 e. The molecule has 0 bridgehead atoms. The van der Waals surface area contributed by atoms with Gasteiger partial charge in [0, 0.05) is 22.5 Å². The summed E-state index contributed by atoms with van der Waals surface area (Å²) in [6.45, 7) is 7.20. The molecule has 2 nitrogen and oxygen atoms in total. The van der Waals surface area contributed by atoms with Gasteiger partial charge in [0.2, 0.25) is 0 Å². The van der Waals surface area contributed by atoms with Crippen molar-refractivity contribution in [2.24, 2.45) is 0 Å². The van der Waals surface area contributed by atoms with Crippen LogP contribution in [-0.2, 0) is 6.54 Å². The quantitative estimate of drug-likeness (QED) is 0.812. The fourth-order valence-electron chi connectivity index (χ4n) is 2.15. The second-order valence-corrected chi connectivity index (χ2v) is 5.04. The standard InChI is InChI=1S/C15H18ClNO/c1-10-8-17(12(3)11(10)2)9-13-7-14(16)5-6-15(13)18-4/h5-8H,9H2,1-4H3. The maximum absolute atomic E-state index is 6.05. The van der Waals surface area contributed by atoms with Gasteiger partial charge < -0.3 is 9.30 Å². The largest absolute Gasteiger partial charge is 0.496 e. The van der Waals surface area contributed by atoms with Gasteiger partial charge in [-0.1, -0.05) is 11.6 Å². The molecule has 0 atom stereocenters. The summed E-state index contributed by atoms with van der Waals surface area (Å²) in [5.74, 6) is 0.878. The van der Waals surface area contributed by atoms with Gasteiger partial charge in [0.05, 0.1) is 13.7 Å². The van der Waals surface area contributed by atoms with Crippen molar-refractivity contribution in [1.29, 1.82) is 0 Å². The Morgan fingerprint density at radius 3 is 2.50 bits per heavy atom. The van der Waals surface area contributed by atoms with Gasteiger partial charge in [-0.3, -0.25) is 0 Å². The maximum Gasteiger partial charge on any atom is 0.123 e. The van der Waals surface area contributed by atoms with Crippen LogP contribution in [0.15, 0.2) is 24.4 Å². The molecule has 96 valence electrons. The molecule has 0 amide bonds. The molecule has 0 N–H and O–H groups in total. The SMILES string of the molecule is COc1ccc(Cl)cc1Cn1cc(C)c(C)c1C. The second-order valence-electron chi connectivity index (χ2n) is 4.61. The Morgan fingerprint density at radius 2 is 1.94 bits per heavy atom. The highest BCUT2D eigenvalue weighted by Crippen LogP contribution is 2.25. The lowest BCUT2D eigenvalue weighted by atomic mass is 10.2. The molecule has 1 aromatic heterocycles. The molecule has 18 heavy (non-hydrogen) atoms. The topological polar surface area (TPSA) is 14.2 Å². The van der Waals surface area contributed by atoms with Crippen molar-refractivity contribution in [3.05, 3.63) is 51.8 Å². The summed E-state index contributed by atoms with van der Waals surface area (Å²) in [5.41, 5.74) is 5.04. The molecule has 0 saturated carbocycles. The van der Waals surface area contributed by atoms with Crippen LogP contribution in [0.1, 0.15) is 22.4 Å². The first-order chi connectivity index (χ1) is 8.52. The second kappa shape index (κ2) is 5.07. The van der Waals surface area contributed by atoms with Crippen LogP contribution in [0.25, 0.3) is 0 Å². The van der Waals surface area contributed by atoms with Crippen molar-refractivity contribution in [1.82, 2.24) is 4.57 Å². The minimum Gasteiger partial charge on any atom is -0.496 e. The van der Waals surface area contributed by atoms with Crippen LogP contribution in [0.3, 0.4) is 0 Å². The molecular formula is C15H18ClNO. The molecule has 2 aromatic rings. The summed E-state index contributed by atoms with van der Waals surface area (Å²) in [5, 5.41) is 0.740. The Hall–Kier alpha value is -1.41. The van der Waals surface area contributed by atoms with Gasteiger partial charge in [-0.15, -0.1) is 0 Å². The molecule has 0 saturated heterocycles. The first-order valence-corrected chi connectivity index (χ1v) is 6.36. The van der Waals surface area contributed by atoms with Gasteiger partial charge in [0.15, 0.2) is 0 Å². The number of halogens is 1. The lowest BCUT2D eigenvalue weighted by Gasteiger charge is -2.11. The minimum absolute atomic E-state index is 0.740. The van der Waals surface area contributed by atoms with Gasteiger partial charge in [-0.25, -0.2) is 0 Å². The molecule has 0 aliphatic heterocycles. The molecule has 0 spiro atoms. The van der Waals surface area contributed by atoms with Crippen LogP contribution in [0, 0.1) is 20.8 Å². The Morgan fingerprint density at radius 1 is 1.22 bits per heavy atom. The number of hydrogen-bond donors (Lipinski definition) is 0. The van der Waals surface area contributed by atoms with Crippen LogP contribution in [0.4, 0.5) is 0 Å². The Bertz CT molecular complexity index is 572. The summed E-state index contributed by atoms with van der Waals surface area (Å²) in [4.78, 5) is 0. The third-order valence-corrected chi connectivity index (χ3v) is 3.73. The van der Waals surface area contributed by atoms with Gasteiger partial charge in [-0.2, -0.15) is 0 Å². The third kappa shape index (κ3) is 2.39. The third-order valence-electron chi connectivity index (χ3n) is 3.50. The highest BCUT2D eigenvalue weighted by atomic mass is 35.5. The summed E-state index contributed by atoms with van der Waals surface area (Å²) in [6.07, 6.45) is 2.17. The summed E-state index contributed by atoms with van der Waals surface area (Å²) >= 11 is 6.05. The van der Waals surface area contributed by atoms with E-state index in [0.29, 0.717) is 0 Å². The fourth-order valence-corrected chi connectivity index (χ4v) is 2.34. The normalized spacial score (nSPS) is 10.7. The van der Waals surface area contributed by atoms with E-state index >= 15 is 0 Å². The van der Waals surface area contributed by atoms with Crippen molar-refractivity contribution in [2.45, 2.75) is 27.3 Å². The van der Waals surface area contributed by atoms with Crippen molar-refractivity contribution in [3.63, 3.8) is 0 Å². The molecule has 0 fully saturated rings. The fraction of sp³-hybridized carbons (Fsp3) is 0.333. The lowest BCUT2D eigenvalue weighted by molar-refractivity contribution is 0.408. The minimum atomic E-state index is 0.740. The number of methoxy groups -OCH3 is 1. The van der Waals surface area contributed by atoms with Crippen molar-refractivity contribution in [2.75, 3.05) is 7.11 Å². The van der Waals surface area contributed by atoms with E-state index in [9.17, 15) is 0 Å². The number of aromatic nitrogens is 1. The van der Waals surface area contributed by atoms with E-state index in [1.54, 1.807) is 7.11 Å². The van der Waals surface area contributed by atoms with Crippen LogP contribution in [0.2, 0.25) is 5.02 Å². The van der Waals surface area contributed by atoms with E-state index in [2.05, 4.69) is 31.5 Å².